The number of guanidine groups is 1. The number of aliphatic imine (C=N–C) groups is 1. The van der Waals surface area contributed by atoms with Crippen molar-refractivity contribution in [2.75, 3.05) is 13.1 Å². The monoisotopic (exact) mass is 243 g/mol. The van der Waals surface area contributed by atoms with E-state index in [1.54, 1.807) is 0 Å². The zero-order valence-corrected chi connectivity index (χ0v) is 9.04. The van der Waals surface area contributed by atoms with Crippen LogP contribution in [0, 0.1) is 0 Å². The summed E-state index contributed by atoms with van der Waals surface area (Å²) in [5.41, 5.74) is 0.921. The quantitative estimate of drug-likeness (QED) is 0.804. The third kappa shape index (κ3) is 2.89. The molecule has 1 N–H and O–H groups in total. The molecule has 0 bridgehead atoms. The molecule has 1 aliphatic rings. The molecule has 1 heterocycles. The van der Waals surface area contributed by atoms with Crippen LogP contribution in [0.15, 0.2) is 35.3 Å². The van der Waals surface area contributed by atoms with E-state index in [1.165, 1.54) is 0 Å². The number of rotatable bonds is 2. The molecular formula is C11H12F3N3. The summed E-state index contributed by atoms with van der Waals surface area (Å²) in [6.07, 6.45) is -4.36. The van der Waals surface area contributed by atoms with Gasteiger partial charge in [-0.3, -0.25) is 9.89 Å². The van der Waals surface area contributed by atoms with Gasteiger partial charge in [0, 0.05) is 13.1 Å². The molecule has 1 aromatic carbocycles. The lowest BCUT2D eigenvalue weighted by molar-refractivity contribution is -0.215. The molecule has 0 spiro atoms. The summed E-state index contributed by atoms with van der Waals surface area (Å²) in [7, 11) is 0. The zero-order valence-electron chi connectivity index (χ0n) is 9.04. The van der Waals surface area contributed by atoms with Gasteiger partial charge in [0.2, 0.25) is 5.96 Å². The molecule has 0 unspecified atom stereocenters. The van der Waals surface area contributed by atoms with Crippen molar-refractivity contribution in [1.29, 1.82) is 0 Å². The highest BCUT2D eigenvalue weighted by Crippen LogP contribution is 2.23. The van der Waals surface area contributed by atoms with Crippen molar-refractivity contribution in [3.05, 3.63) is 35.9 Å². The molecule has 6 heteroatoms. The molecule has 92 valence electrons. The van der Waals surface area contributed by atoms with Crippen LogP contribution in [0.5, 0.6) is 0 Å². The van der Waals surface area contributed by atoms with Crippen LogP contribution in [0.25, 0.3) is 0 Å². The number of nitrogens with one attached hydrogen (secondary N) is 1. The van der Waals surface area contributed by atoms with Crippen LogP contribution in [0.3, 0.4) is 0 Å². The third-order valence-corrected chi connectivity index (χ3v) is 2.44. The summed E-state index contributed by atoms with van der Waals surface area (Å²) in [6.45, 7) is 0.406. The van der Waals surface area contributed by atoms with Crippen molar-refractivity contribution < 1.29 is 13.2 Å². The maximum Gasteiger partial charge on any atom is 0.487 e. The van der Waals surface area contributed by atoms with Crippen molar-refractivity contribution in [3.8, 4) is 0 Å². The molecule has 0 aliphatic carbocycles. The Hall–Kier alpha value is -1.72. The van der Waals surface area contributed by atoms with Gasteiger partial charge in [0.25, 0.3) is 0 Å². The van der Waals surface area contributed by atoms with E-state index < -0.39 is 6.30 Å². The topological polar surface area (TPSA) is 27.6 Å². The standard InChI is InChI=1S/C11H12F3N3/c12-11(13,14)17-7-6-15-10(17)16-8-9-4-2-1-3-5-9/h1-5H,6-8H2,(H,15,16). The fraction of sp³-hybridized carbons (Fsp3) is 0.364. The SMILES string of the molecule is FC(F)(F)N1CCN=C1NCc1ccccc1. The minimum Gasteiger partial charge on any atom is -0.352 e. The summed E-state index contributed by atoms with van der Waals surface area (Å²) >= 11 is 0. The van der Waals surface area contributed by atoms with Crippen LogP contribution in [0.1, 0.15) is 5.56 Å². The first-order valence-electron chi connectivity index (χ1n) is 5.24. The average Bonchev–Trinajstić information content (AvgIpc) is 2.75. The van der Waals surface area contributed by atoms with E-state index in [0.717, 1.165) is 5.56 Å². The second kappa shape index (κ2) is 4.65. The van der Waals surface area contributed by atoms with E-state index >= 15 is 0 Å². The molecule has 2 rings (SSSR count). The van der Waals surface area contributed by atoms with Crippen molar-refractivity contribution in [1.82, 2.24) is 10.2 Å². The molecule has 0 radical (unpaired) electrons. The Morgan fingerprint density at radius 1 is 1.24 bits per heavy atom. The summed E-state index contributed by atoms with van der Waals surface area (Å²) in [6, 6.07) is 9.24. The van der Waals surface area contributed by atoms with Gasteiger partial charge >= 0.3 is 6.30 Å². The van der Waals surface area contributed by atoms with Gasteiger partial charge in [-0.2, -0.15) is 0 Å². The van der Waals surface area contributed by atoms with E-state index in [-0.39, 0.29) is 19.0 Å². The fourth-order valence-electron chi connectivity index (χ4n) is 1.62. The van der Waals surface area contributed by atoms with Crippen LogP contribution in [0.4, 0.5) is 13.2 Å². The van der Waals surface area contributed by atoms with Gasteiger partial charge in [-0.15, -0.1) is 13.2 Å². The van der Waals surface area contributed by atoms with E-state index in [2.05, 4.69) is 10.3 Å². The Bertz CT molecular complexity index is 400. The minimum absolute atomic E-state index is 0.0960. The molecule has 3 nitrogen and oxygen atoms in total. The molecule has 0 amide bonds. The zero-order chi connectivity index (χ0) is 12.3. The van der Waals surface area contributed by atoms with E-state index in [4.69, 9.17) is 0 Å². The Balaban J connectivity index is 1.96. The first-order valence-corrected chi connectivity index (χ1v) is 5.24. The number of nitrogens with zero attached hydrogens (tertiary/aromatic N) is 2. The maximum atomic E-state index is 12.5. The summed E-state index contributed by atoms with van der Waals surface area (Å²) < 4.78 is 37.6. The molecular weight excluding hydrogens is 231 g/mol. The maximum absolute atomic E-state index is 12.5. The summed E-state index contributed by atoms with van der Waals surface area (Å²) in [4.78, 5) is 4.14. The highest BCUT2D eigenvalue weighted by Gasteiger charge is 2.41. The van der Waals surface area contributed by atoms with Crippen molar-refractivity contribution in [3.63, 3.8) is 0 Å². The predicted octanol–water partition coefficient (Wildman–Crippen LogP) is 1.97. The van der Waals surface area contributed by atoms with Crippen molar-refractivity contribution in [2.45, 2.75) is 12.8 Å². The predicted molar refractivity (Wildman–Crippen MR) is 58.3 cm³/mol. The number of hydrogen-bond acceptors (Lipinski definition) is 3. The highest BCUT2D eigenvalue weighted by molar-refractivity contribution is 5.81. The second-order valence-electron chi connectivity index (χ2n) is 3.66. The number of alkyl halides is 3. The van der Waals surface area contributed by atoms with Crippen LogP contribution in [-0.4, -0.2) is 30.2 Å². The van der Waals surface area contributed by atoms with Crippen LogP contribution in [0.2, 0.25) is 0 Å². The molecule has 0 atom stereocenters. The molecule has 17 heavy (non-hydrogen) atoms. The number of benzene rings is 1. The third-order valence-electron chi connectivity index (χ3n) is 2.44. The number of halogens is 3. The van der Waals surface area contributed by atoms with E-state index in [0.29, 0.717) is 11.4 Å². The molecule has 1 aromatic rings. The van der Waals surface area contributed by atoms with Crippen LogP contribution >= 0.6 is 0 Å². The Kier molecular flexibility index (Phi) is 3.21. The lowest BCUT2D eigenvalue weighted by atomic mass is 10.2. The van der Waals surface area contributed by atoms with E-state index in [1.807, 2.05) is 30.3 Å². The normalized spacial score (nSPS) is 15.9. The van der Waals surface area contributed by atoms with Crippen molar-refractivity contribution >= 4 is 5.96 Å². The fourth-order valence-corrected chi connectivity index (χ4v) is 1.62. The smallest absolute Gasteiger partial charge is 0.352 e. The summed E-state index contributed by atoms with van der Waals surface area (Å²) in [5.74, 6) is -0.0960. The lowest BCUT2D eigenvalue weighted by Crippen LogP contribution is -2.46. The van der Waals surface area contributed by atoms with Gasteiger partial charge in [0.15, 0.2) is 0 Å². The van der Waals surface area contributed by atoms with Crippen LogP contribution in [-0.2, 0) is 6.54 Å². The molecule has 0 aromatic heterocycles. The lowest BCUT2D eigenvalue weighted by Gasteiger charge is -2.23. The first-order chi connectivity index (χ1) is 8.07. The van der Waals surface area contributed by atoms with E-state index in [9.17, 15) is 13.2 Å². The van der Waals surface area contributed by atoms with Gasteiger partial charge in [-0.05, 0) is 5.56 Å². The van der Waals surface area contributed by atoms with Gasteiger partial charge in [-0.25, -0.2) is 0 Å². The van der Waals surface area contributed by atoms with Crippen LogP contribution < -0.4 is 5.32 Å². The van der Waals surface area contributed by atoms with Gasteiger partial charge in [0.1, 0.15) is 0 Å². The Morgan fingerprint density at radius 3 is 2.59 bits per heavy atom. The van der Waals surface area contributed by atoms with Crippen molar-refractivity contribution in [2.24, 2.45) is 4.99 Å². The van der Waals surface area contributed by atoms with Gasteiger partial charge < -0.3 is 5.32 Å². The van der Waals surface area contributed by atoms with Gasteiger partial charge in [-0.1, -0.05) is 30.3 Å². The molecule has 0 saturated heterocycles. The summed E-state index contributed by atoms with van der Waals surface area (Å²) in [5, 5.41) is 2.71. The largest absolute Gasteiger partial charge is 0.487 e. The second-order valence-corrected chi connectivity index (χ2v) is 3.66. The van der Waals surface area contributed by atoms with Gasteiger partial charge in [0.05, 0.1) is 6.54 Å². The Labute approximate surface area is 97.0 Å². The molecule has 0 fully saturated rings. The molecule has 0 saturated carbocycles. The Morgan fingerprint density at radius 2 is 1.94 bits per heavy atom. The highest BCUT2D eigenvalue weighted by atomic mass is 19.4. The minimum atomic E-state index is -4.36. The average molecular weight is 243 g/mol. The first kappa shape index (κ1) is 11.8. The number of hydrogen-bond donors (Lipinski definition) is 1. The molecule has 1 aliphatic heterocycles.